The van der Waals surface area contributed by atoms with Crippen molar-refractivity contribution in [2.24, 2.45) is 11.8 Å². The number of rotatable bonds is 10. The van der Waals surface area contributed by atoms with Crippen LogP contribution in [0.2, 0.25) is 0 Å². The summed E-state index contributed by atoms with van der Waals surface area (Å²) < 4.78 is 5.45. The summed E-state index contributed by atoms with van der Waals surface area (Å²) in [5.41, 5.74) is 2.13. The van der Waals surface area contributed by atoms with E-state index in [2.05, 4.69) is 13.5 Å². The molecule has 2 aromatic carbocycles. The van der Waals surface area contributed by atoms with Crippen molar-refractivity contribution in [2.75, 3.05) is 6.61 Å². The van der Waals surface area contributed by atoms with E-state index < -0.39 is 6.09 Å². The Balaban J connectivity index is 1.97. The highest BCUT2D eigenvalue weighted by molar-refractivity contribution is 5.95. The van der Waals surface area contributed by atoms with Crippen molar-refractivity contribution >= 4 is 12.0 Å². The van der Waals surface area contributed by atoms with Gasteiger partial charge in [0, 0.05) is 11.8 Å². The summed E-state index contributed by atoms with van der Waals surface area (Å²) in [5, 5.41) is 0. The second-order valence-electron chi connectivity index (χ2n) is 8.35. The summed E-state index contributed by atoms with van der Waals surface area (Å²) in [6.07, 6.45) is 5.14. The Morgan fingerprint density at radius 2 is 1.68 bits per heavy atom. The summed E-state index contributed by atoms with van der Waals surface area (Å²) >= 11 is 0. The molecule has 0 bridgehead atoms. The van der Waals surface area contributed by atoms with Crippen LogP contribution in [0.15, 0.2) is 73.3 Å². The monoisotopic (exact) mass is 419 g/mol. The van der Waals surface area contributed by atoms with E-state index in [1.54, 1.807) is 0 Å². The van der Waals surface area contributed by atoms with Gasteiger partial charge in [0.05, 0.1) is 6.04 Å². The number of hydrogen-bond acceptors (Lipinski definition) is 3. The number of amides is 2. The van der Waals surface area contributed by atoms with Gasteiger partial charge in [-0.05, 0) is 23.5 Å². The highest BCUT2D eigenvalue weighted by atomic mass is 16.6. The van der Waals surface area contributed by atoms with Crippen molar-refractivity contribution in [3.8, 4) is 0 Å². The van der Waals surface area contributed by atoms with Gasteiger partial charge in [-0.25, -0.2) is 9.69 Å². The molecule has 1 saturated heterocycles. The van der Waals surface area contributed by atoms with Crippen LogP contribution in [0.25, 0.3) is 0 Å². The molecule has 1 fully saturated rings. The van der Waals surface area contributed by atoms with Crippen LogP contribution in [0.1, 0.15) is 56.6 Å². The Morgan fingerprint density at radius 3 is 2.19 bits per heavy atom. The average Bonchev–Trinajstić information content (AvgIpc) is 3.18. The zero-order valence-corrected chi connectivity index (χ0v) is 18.6. The molecule has 2 aromatic rings. The SMILES string of the molecule is C=C[C@@H](C)[C@H](CCCCC)C(=O)N1C(=O)OC[C@H]1C(c1ccccc1)c1ccccc1. The molecular weight excluding hydrogens is 386 g/mol. The van der Waals surface area contributed by atoms with Gasteiger partial charge in [-0.1, -0.05) is 99.8 Å². The first-order chi connectivity index (χ1) is 15.1. The summed E-state index contributed by atoms with van der Waals surface area (Å²) in [7, 11) is 0. The molecule has 0 N–H and O–H groups in total. The molecule has 0 saturated carbocycles. The molecule has 4 nitrogen and oxygen atoms in total. The highest BCUT2D eigenvalue weighted by Gasteiger charge is 2.45. The topological polar surface area (TPSA) is 46.6 Å². The third-order valence-corrected chi connectivity index (χ3v) is 6.29. The lowest BCUT2D eigenvalue weighted by Crippen LogP contribution is -2.46. The van der Waals surface area contributed by atoms with E-state index in [9.17, 15) is 9.59 Å². The van der Waals surface area contributed by atoms with E-state index >= 15 is 0 Å². The standard InChI is InChI=1S/C27H33NO3/c1-4-6-9-18-23(20(3)5-2)26(29)28-24(19-31-27(28)30)25(21-14-10-7-11-15-21)22-16-12-8-13-17-22/h5,7-8,10-17,20,23-25H,2,4,6,9,18-19H2,1,3H3/t20-,23+,24+/m1/s1. The minimum absolute atomic E-state index is 0.00898. The number of cyclic esters (lactones) is 1. The zero-order chi connectivity index (χ0) is 22.2. The normalized spacial score (nSPS) is 18.0. The van der Waals surface area contributed by atoms with Crippen LogP contribution in [0.5, 0.6) is 0 Å². The van der Waals surface area contributed by atoms with Crippen LogP contribution < -0.4 is 0 Å². The molecule has 3 rings (SSSR count). The van der Waals surface area contributed by atoms with Gasteiger partial charge < -0.3 is 4.74 Å². The minimum atomic E-state index is -0.538. The molecule has 4 heteroatoms. The predicted octanol–water partition coefficient (Wildman–Crippen LogP) is 6.18. The maximum absolute atomic E-state index is 13.7. The second-order valence-corrected chi connectivity index (χ2v) is 8.35. The van der Waals surface area contributed by atoms with Crippen molar-refractivity contribution < 1.29 is 14.3 Å². The minimum Gasteiger partial charge on any atom is -0.447 e. The van der Waals surface area contributed by atoms with E-state index in [0.717, 1.165) is 36.8 Å². The number of ether oxygens (including phenoxy) is 1. The lowest BCUT2D eigenvalue weighted by atomic mass is 9.83. The molecule has 1 aliphatic rings. The molecule has 0 aliphatic carbocycles. The number of benzene rings is 2. The quantitative estimate of drug-likeness (QED) is 0.341. The van der Waals surface area contributed by atoms with Gasteiger partial charge in [-0.3, -0.25) is 4.79 Å². The van der Waals surface area contributed by atoms with Crippen molar-refractivity contribution in [1.29, 1.82) is 0 Å². The fourth-order valence-corrected chi connectivity index (χ4v) is 4.46. The Morgan fingerprint density at radius 1 is 1.10 bits per heavy atom. The van der Waals surface area contributed by atoms with Gasteiger partial charge in [0.2, 0.25) is 5.91 Å². The van der Waals surface area contributed by atoms with Crippen LogP contribution in [0, 0.1) is 11.8 Å². The Kier molecular flexibility index (Phi) is 8.05. The Bertz CT molecular complexity index is 825. The van der Waals surface area contributed by atoms with E-state index in [0.29, 0.717) is 0 Å². The van der Waals surface area contributed by atoms with Gasteiger partial charge in [-0.15, -0.1) is 6.58 Å². The van der Waals surface area contributed by atoms with Crippen molar-refractivity contribution in [3.63, 3.8) is 0 Å². The maximum Gasteiger partial charge on any atom is 0.417 e. The molecular formula is C27H33NO3. The number of hydrogen-bond donors (Lipinski definition) is 0. The van der Waals surface area contributed by atoms with Crippen molar-refractivity contribution in [3.05, 3.63) is 84.4 Å². The van der Waals surface area contributed by atoms with E-state index in [1.807, 2.05) is 73.7 Å². The largest absolute Gasteiger partial charge is 0.447 e. The van der Waals surface area contributed by atoms with Gasteiger partial charge in [0.15, 0.2) is 0 Å². The lowest BCUT2D eigenvalue weighted by molar-refractivity contribution is -0.135. The lowest BCUT2D eigenvalue weighted by Gasteiger charge is -2.32. The number of unbranched alkanes of at least 4 members (excludes halogenated alkanes) is 2. The van der Waals surface area contributed by atoms with Crippen LogP contribution in [0.3, 0.4) is 0 Å². The molecule has 3 atom stereocenters. The number of imide groups is 1. The van der Waals surface area contributed by atoms with Crippen molar-refractivity contribution in [1.82, 2.24) is 4.90 Å². The van der Waals surface area contributed by atoms with E-state index in [-0.39, 0.29) is 36.3 Å². The fraction of sp³-hybridized carbons (Fsp3) is 0.407. The summed E-state index contributed by atoms with van der Waals surface area (Å²) in [4.78, 5) is 27.9. The molecule has 0 spiro atoms. The molecule has 1 aliphatic heterocycles. The average molecular weight is 420 g/mol. The van der Waals surface area contributed by atoms with Crippen LogP contribution in [-0.4, -0.2) is 29.5 Å². The zero-order valence-electron chi connectivity index (χ0n) is 18.6. The number of nitrogens with zero attached hydrogens (tertiary/aromatic N) is 1. The van der Waals surface area contributed by atoms with Crippen LogP contribution in [0.4, 0.5) is 4.79 Å². The first kappa shape index (κ1) is 22.8. The first-order valence-corrected chi connectivity index (χ1v) is 11.3. The van der Waals surface area contributed by atoms with Gasteiger partial charge in [0.25, 0.3) is 0 Å². The number of carbonyl (C=O) groups excluding carboxylic acids is 2. The van der Waals surface area contributed by atoms with Crippen LogP contribution in [-0.2, 0) is 9.53 Å². The highest BCUT2D eigenvalue weighted by Crippen LogP contribution is 2.36. The third-order valence-electron chi connectivity index (χ3n) is 6.29. The molecule has 164 valence electrons. The summed E-state index contributed by atoms with van der Waals surface area (Å²) in [6, 6.07) is 19.7. The summed E-state index contributed by atoms with van der Waals surface area (Å²) in [5.74, 6) is -0.573. The molecule has 0 radical (unpaired) electrons. The van der Waals surface area contributed by atoms with Crippen molar-refractivity contribution in [2.45, 2.75) is 51.5 Å². The molecule has 2 amide bonds. The molecule has 0 unspecified atom stereocenters. The Hall–Kier alpha value is -2.88. The van der Waals surface area contributed by atoms with Gasteiger partial charge >= 0.3 is 6.09 Å². The summed E-state index contributed by atoms with van der Waals surface area (Å²) in [6.45, 7) is 8.25. The third kappa shape index (κ3) is 5.25. The second kappa shape index (κ2) is 10.9. The van der Waals surface area contributed by atoms with E-state index in [4.69, 9.17) is 4.74 Å². The van der Waals surface area contributed by atoms with E-state index in [1.165, 1.54) is 4.90 Å². The smallest absolute Gasteiger partial charge is 0.417 e. The van der Waals surface area contributed by atoms with Gasteiger partial charge in [-0.2, -0.15) is 0 Å². The predicted molar refractivity (Wildman–Crippen MR) is 124 cm³/mol. The van der Waals surface area contributed by atoms with Gasteiger partial charge in [0.1, 0.15) is 6.61 Å². The number of allylic oxidation sites excluding steroid dienone is 1. The van der Waals surface area contributed by atoms with Crippen LogP contribution >= 0.6 is 0 Å². The fourth-order valence-electron chi connectivity index (χ4n) is 4.46. The molecule has 31 heavy (non-hydrogen) atoms. The number of carbonyl (C=O) groups is 2. The Labute approximate surface area is 185 Å². The molecule has 1 heterocycles. The molecule has 0 aromatic heterocycles. The maximum atomic E-state index is 13.7. The first-order valence-electron chi connectivity index (χ1n) is 11.3.